The van der Waals surface area contributed by atoms with E-state index in [-0.39, 0.29) is 12.5 Å². The highest BCUT2D eigenvalue weighted by Gasteiger charge is 2.22. The van der Waals surface area contributed by atoms with Gasteiger partial charge in [0.15, 0.2) is 0 Å². The summed E-state index contributed by atoms with van der Waals surface area (Å²) in [6, 6.07) is 0.306. The van der Waals surface area contributed by atoms with Gasteiger partial charge in [0.1, 0.15) is 0 Å². The van der Waals surface area contributed by atoms with Crippen LogP contribution in [0.2, 0.25) is 0 Å². The fourth-order valence-electron chi connectivity index (χ4n) is 3.45. The topological polar surface area (TPSA) is 52.6 Å². The van der Waals surface area contributed by atoms with Gasteiger partial charge < -0.3 is 10.4 Å². The predicted molar refractivity (Wildman–Crippen MR) is 75.9 cm³/mol. The van der Waals surface area contributed by atoms with Gasteiger partial charge in [0.05, 0.1) is 6.61 Å². The molecule has 0 aromatic rings. The van der Waals surface area contributed by atoms with Crippen molar-refractivity contribution in [1.82, 2.24) is 10.2 Å². The van der Waals surface area contributed by atoms with Crippen molar-refractivity contribution in [3.8, 4) is 0 Å². The van der Waals surface area contributed by atoms with Gasteiger partial charge in [-0.25, -0.2) is 0 Å². The van der Waals surface area contributed by atoms with Gasteiger partial charge in [-0.3, -0.25) is 9.69 Å². The summed E-state index contributed by atoms with van der Waals surface area (Å²) in [5.41, 5.74) is 0. The minimum atomic E-state index is 0.212. The van der Waals surface area contributed by atoms with E-state index >= 15 is 0 Å². The van der Waals surface area contributed by atoms with Crippen LogP contribution in [0, 0.1) is 5.92 Å². The van der Waals surface area contributed by atoms with Gasteiger partial charge in [0, 0.05) is 25.6 Å². The van der Waals surface area contributed by atoms with Gasteiger partial charge in [-0.2, -0.15) is 0 Å². The molecule has 110 valence electrons. The smallest absolute Gasteiger partial charge is 0.220 e. The highest BCUT2D eigenvalue weighted by atomic mass is 16.3. The highest BCUT2D eigenvalue weighted by molar-refractivity contribution is 5.76. The van der Waals surface area contributed by atoms with E-state index < -0.39 is 0 Å². The zero-order chi connectivity index (χ0) is 13.5. The average molecular weight is 268 g/mol. The van der Waals surface area contributed by atoms with E-state index in [1.165, 1.54) is 38.5 Å². The summed E-state index contributed by atoms with van der Waals surface area (Å²) in [6.45, 7) is 2.91. The van der Waals surface area contributed by atoms with Crippen molar-refractivity contribution in [2.75, 3.05) is 26.2 Å². The molecule has 1 unspecified atom stereocenters. The third-order valence-corrected chi connectivity index (χ3v) is 4.63. The molecule has 1 aliphatic carbocycles. The average Bonchev–Trinajstić information content (AvgIpc) is 2.92. The molecule has 1 aliphatic heterocycles. The number of nitrogens with one attached hydrogen (secondary N) is 1. The Hall–Kier alpha value is -0.610. The summed E-state index contributed by atoms with van der Waals surface area (Å²) in [5.74, 6) is 0.838. The van der Waals surface area contributed by atoms with E-state index in [1.807, 2.05) is 0 Å². The van der Waals surface area contributed by atoms with Crippen LogP contribution in [-0.2, 0) is 4.79 Å². The summed E-state index contributed by atoms with van der Waals surface area (Å²) in [5, 5.41) is 12.4. The number of nitrogens with zero attached hydrogens (tertiary/aromatic N) is 1. The standard InChI is InChI=1S/C15H28N2O2/c18-12-14-7-3-4-9-17(14)10-8-16-15(19)11-13-5-1-2-6-13/h13-14,18H,1-12H2,(H,16,19). The molecule has 0 spiro atoms. The molecule has 2 fully saturated rings. The number of aliphatic hydroxyl groups is 1. The summed E-state index contributed by atoms with van der Waals surface area (Å²) in [4.78, 5) is 14.1. The van der Waals surface area contributed by atoms with Gasteiger partial charge in [-0.05, 0) is 38.1 Å². The number of carbonyl (C=O) groups is 1. The number of hydrogen-bond donors (Lipinski definition) is 2. The van der Waals surface area contributed by atoms with Crippen LogP contribution in [-0.4, -0.2) is 48.2 Å². The van der Waals surface area contributed by atoms with Crippen molar-refractivity contribution in [3.63, 3.8) is 0 Å². The lowest BCUT2D eigenvalue weighted by Crippen LogP contribution is -2.45. The van der Waals surface area contributed by atoms with Gasteiger partial charge >= 0.3 is 0 Å². The van der Waals surface area contributed by atoms with Crippen LogP contribution in [0.3, 0.4) is 0 Å². The Balaban J connectivity index is 1.60. The summed E-state index contributed by atoms with van der Waals surface area (Å²) in [6.07, 6.45) is 9.28. The molecule has 2 N–H and O–H groups in total. The van der Waals surface area contributed by atoms with Crippen LogP contribution in [0.15, 0.2) is 0 Å². The maximum absolute atomic E-state index is 11.8. The molecule has 0 radical (unpaired) electrons. The molecule has 1 saturated heterocycles. The Morgan fingerprint density at radius 2 is 1.89 bits per heavy atom. The van der Waals surface area contributed by atoms with Crippen molar-refractivity contribution in [3.05, 3.63) is 0 Å². The fourth-order valence-corrected chi connectivity index (χ4v) is 3.45. The quantitative estimate of drug-likeness (QED) is 0.768. The van der Waals surface area contributed by atoms with E-state index in [1.54, 1.807) is 0 Å². The Bertz CT molecular complexity index is 277. The minimum absolute atomic E-state index is 0.212. The fraction of sp³-hybridized carbons (Fsp3) is 0.933. The lowest BCUT2D eigenvalue weighted by atomic mass is 10.0. The summed E-state index contributed by atoms with van der Waals surface area (Å²) < 4.78 is 0. The maximum Gasteiger partial charge on any atom is 0.220 e. The van der Waals surface area contributed by atoms with Crippen molar-refractivity contribution in [2.24, 2.45) is 5.92 Å². The first-order valence-corrected chi connectivity index (χ1v) is 7.91. The van der Waals surface area contributed by atoms with Crippen molar-refractivity contribution in [2.45, 2.75) is 57.4 Å². The Kier molecular flexibility index (Phi) is 6.11. The lowest BCUT2D eigenvalue weighted by molar-refractivity contribution is -0.122. The zero-order valence-electron chi connectivity index (χ0n) is 11.9. The molecule has 1 atom stereocenters. The van der Waals surface area contributed by atoms with E-state index in [4.69, 9.17) is 0 Å². The molecule has 2 rings (SSSR count). The minimum Gasteiger partial charge on any atom is -0.395 e. The van der Waals surface area contributed by atoms with Crippen molar-refractivity contribution >= 4 is 5.91 Å². The second-order valence-corrected chi connectivity index (χ2v) is 6.07. The maximum atomic E-state index is 11.8. The molecule has 19 heavy (non-hydrogen) atoms. The number of likely N-dealkylation sites (tertiary alicyclic amines) is 1. The van der Waals surface area contributed by atoms with E-state index in [0.717, 1.165) is 26.1 Å². The number of carbonyl (C=O) groups excluding carboxylic acids is 1. The third kappa shape index (κ3) is 4.77. The number of hydrogen-bond acceptors (Lipinski definition) is 3. The first kappa shape index (κ1) is 14.8. The molecule has 0 bridgehead atoms. The van der Waals surface area contributed by atoms with E-state index in [2.05, 4.69) is 10.2 Å². The van der Waals surface area contributed by atoms with E-state index in [9.17, 15) is 9.90 Å². The SMILES string of the molecule is O=C(CC1CCCC1)NCCN1CCCCC1CO. The second kappa shape index (κ2) is 7.85. The van der Waals surface area contributed by atoms with Crippen molar-refractivity contribution in [1.29, 1.82) is 0 Å². The largest absolute Gasteiger partial charge is 0.395 e. The number of piperidine rings is 1. The Labute approximate surface area is 116 Å². The molecular weight excluding hydrogens is 240 g/mol. The molecule has 4 nitrogen and oxygen atoms in total. The number of rotatable bonds is 6. The molecule has 0 aromatic heterocycles. The molecular formula is C15H28N2O2. The van der Waals surface area contributed by atoms with Gasteiger partial charge in [-0.1, -0.05) is 19.3 Å². The Morgan fingerprint density at radius 3 is 2.63 bits per heavy atom. The van der Waals surface area contributed by atoms with Gasteiger partial charge in [0.25, 0.3) is 0 Å². The molecule has 1 heterocycles. The van der Waals surface area contributed by atoms with Crippen LogP contribution < -0.4 is 5.32 Å². The van der Waals surface area contributed by atoms with Crippen LogP contribution >= 0.6 is 0 Å². The number of amides is 1. The van der Waals surface area contributed by atoms with E-state index in [0.29, 0.717) is 18.4 Å². The van der Waals surface area contributed by atoms with Crippen LogP contribution in [0.5, 0.6) is 0 Å². The van der Waals surface area contributed by atoms with Crippen molar-refractivity contribution < 1.29 is 9.90 Å². The second-order valence-electron chi connectivity index (χ2n) is 6.07. The molecule has 1 saturated carbocycles. The Morgan fingerprint density at radius 1 is 1.16 bits per heavy atom. The normalized spacial score (nSPS) is 25.6. The first-order valence-electron chi connectivity index (χ1n) is 7.91. The van der Waals surface area contributed by atoms with Crippen LogP contribution in [0.4, 0.5) is 0 Å². The zero-order valence-corrected chi connectivity index (χ0v) is 11.9. The molecule has 1 amide bonds. The number of aliphatic hydroxyl groups excluding tert-OH is 1. The highest BCUT2D eigenvalue weighted by Crippen LogP contribution is 2.27. The summed E-state index contributed by atoms with van der Waals surface area (Å²) in [7, 11) is 0. The van der Waals surface area contributed by atoms with Crippen LogP contribution in [0.25, 0.3) is 0 Å². The van der Waals surface area contributed by atoms with Gasteiger partial charge in [0.2, 0.25) is 5.91 Å². The summed E-state index contributed by atoms with van der Waals surface area (Å²) >= 11 is 0. The van der Waals surface area contributed by atoms with Crippen LogP contribution in [0.1, 0.15) is 51.4 Å². The lowest BCUT2D eigenvalue weighted by Gasteiger charge is -2.34. The third-order valence-electron chi connectivity index (χ3n) is 4.63. The van der Waals surface area contributed by atoms with Gasteiger partial charge in [-0.15, -0.1) is 0 Å². The monoisotopic (exact) mass is 268 g/mol. The molecule has 2 aliphatic rings. The predicted octanol–water partition coefficient (Wildman–Crippen LogP) is 1.53. The molecule has 4 heteroatoms. The molecule has 0 aromatic carbocycles. The first-order chi connectivity index (χ1) is 9.29.